The number of likely N-dealkylation sites (tertiary alicyclic amines) is 1. The van der Waals surface area contributed by atoms with Crippen molar-refractivity contribution in [3.63, 3.8) is 0 Å². The molecule has 0 radical (unpaired) electrons. The molecule has 1 amide bonds. The van der Waals surface area contributed by atoms with Crippen molar-refractivity contribution < 1.29 is 6.17 Å². The summed E-state index contributed by atoms with van der Waals surface area (Å²) in [6, 6.07) is 2.50. The van der Waals surface area contributed by atoms with E-state index in [0.717, 1.165) is 34.9 Å². The van der Waals surface area contributed by atoms with Gasteiger partial charge in [-0.15, -0.1) is 11.3 Å². The summed E-state index contributed by atoms with van der Waals surface area (Å²) in [5.41, 5.74) is 1.91. The first-order valence-corrected chi connectivity index (χ1v) is 15.0. The van der Waals surface area contributed by atoms with Crippen molar-refractivity contribution in [3.8, 4) is 10.4 Å². The van der Waals surface area contributed by atoms with Crippen LogP contribution in [0.3, 0.4) is 0 Å². The fraction of sp³-hybridized carbons (Fsp3) is 0.579. The molecule has 0 bridgehead atoms. The summed E-state index contributed by atoms with van der Waals surface area (Å²) in [4.78, 5) is 16.2. The molecule has 2 aromatic heterocycles. The molecule has 8 heteroatoms. The van der Waals surface area contributed by atoms with Crippen LogP contribution in [0.5, 0.6) is 0 Å². The first-order valence-electron chi connectivity index (χ1n) is 9.93. The molecular weight excluding hydrogens is 509 g/mol. The summed E-state index contributed by atoms with van der Waals surface area (Å²) in [6.45, 7) is 2.78. The van der Waals surface area contributed by atoms with E-state index in [1.165, 1.54) is 32.1 Å². The average Bonchev–Trinajstić information content (AvgIpc) is 3.39. The second kappa shape index (κ2) is 11.1. The van der Waals surface area contributed by atoms with E-state index in [4.69, 9.17) is 1.37 Å². The van der Waals surface area contributed by atoms with E-state index in [1.807, 2.05) is 24.6 Å². The maximum Gasteiger partial charge on any atom is 0.254 e. The molecule has 148 valence electrons. The number of rotatable bonds is 4. The first-order chi connectivity index (χ1) is 13.6. The lowest BCUT2D eigenvalue weighted by molar-refractivity contribution is 0.0391. The number of amides is 1. The van der Waals surface area contributed by atoms with Gasteiger partial charge in [-0.05, 0) is 45.6 Å². The predicted octanol–water partition coefficient (Wildman–Crippen LogP) is 6.67. The second-order valence-electron chi connectivity index (χ2n) is 6.83. The lowest BCUT2D eigenvalue weighted by atomic mass is 9.78. The molecule has 3 unspecified atom stereocenters. The molecule has 3 atom stereocenters. The maximum absolute atomic E-state index is 12.9. The third-order valence-electron chi connectivity index (χ3n) is 5.27. The minimum Gasteiger partial charge on any atom is -0.335 e. The largest absolute Gasteiger partial charge is 0.335 e. The van der Waals surface area contributed by atoms with Crippen LogP contribution < -0.4 is 0 Å². The van der Waals surface area contributed by atoms with E-state index in [-0.39, 0.29) is 11.6 Å². The molecule has 2 aliphatic rings. The number of nitrogens with zero attached hydrogens (tertiary/aromatic N) is 2. The van der Waals surface area contributed by atoms with Crippen molar-refractivity contribution in [3.05, 3.63) is 29.4 Å². The smallest absolute Gasteiger partial charge is 0.254 e. The monoisotopic (exact) mass is 536 g/mol. The molecule has 1 aliphatic carbocycles. The van der Waals surface area contributed by atoms with E-state index >= 15 is 0 Å². The van der Waals surface area contributed by atoms with Crippen LogP contribution >= 0.6 is 51.3 Å². The molecule has 0 spiro atoms. The summed E-state index contributed by atoms with van der Waals surface area (Å²) in [5.74, 6) is 0.959. The Morgan fingerprint density at radius 3 is 2.96 bits per heavy atom. The van der Waals surface area contributed by atoms with Crippen LogP contribution in [0.15, 0.2) is 23.8 Å². The van der Waals surface area contributed by atoms with Crippen LogP contribution in [0.4, 0.5) is 0 Å². The highest BCUT2D eigenvalue weighted by Crippen LogP contribution is 2.36. The zero-order chi connectivity index (χ0) is 19.9. The molecule has 4 rings (SSSR count). The van der Waals surface area contributed by atoms with E-state index in [1.54, 1.807) is 36.3 Å². The van der Waals surface area contributed by atoms with Crippen molar-refractivity contribution in [1.29, 1.82) is 0 Å². The summed E-state index contributed by atoms with van der Waals surface area (Å²) >= 11 is 3.78. The minimum atomic E-state index is 0.0203. The number of halogens is 1. The molecule has 3 heterocycles. The van der Waals surface area contributed by atoms with Gasteiger partial charge in [0.05, 0.1) is 11.8 Å². The SMILES string of the molecule is O=C(c1csc(-c2cn[nH]c2)c1)N1CCCC2CCCCC21.[2H]C(C)SSI. The Bertz CT molecular complexity index is 739. The van der Waals surface area contributed by atoms with Crippen molar-refractivity contribution in [1.82, 2.24) is 15.1 Å². The fourth-order valence-corrected chi connectivity index (χ4v) is 7.09. The van der Waals surface area contributed by atoms with Gasteiger partial charge in [0.25, 0.3) is 5.91 Å². The molecule has 1 saturated carbocycles. The molecular formula is C19H26IN3OS3. The van der Waals surface area contributed by atoms with Gasteiger partial charge >= 0.3 is 0 Å². The van der Waals surface area contributed by atoms with Crippen molar-refractivity contribution in [2.24, 2.45) is 5.92 Å². The number of fused-ring (bicyclic) bond motifs is 1. The van der Waals surface area contributed by atoms with E-state index in [2.05, 4.69) is 36.3 Å². The van der Waals surface area contributed by atoms with Crippen LogP contribution in [-0.4, -0.2) is 39.3 Å². The van der Waals surface area contributed by atoms with Crippen molar-refractivity contribution in [2.75, 3.05) is 12.3 Å². The van der Waals surface area contributed by atoms with Gasteiger partial charge in [0.15, 0.2) is 0 Å². The first kappa shape index (κ1) is 20.1. The highest BCUT2D eigenvalue weighted by Gasteiger charge is 2.36. The molecule has 0 aromatic carbocycles. The van der Waals surface area contributed by atoms with Crippen molar-refractivity contribution in [2.45, 2.75) is 51.5 Å². The summed E-state index contributed by atoms with van der Waals surface area (Å²) in [5, 5.41) is 8.81. The normalized spacial score (nSPS) is 23.6. The quantitative estimate of drug-likeness (QED) is 0.350. The number of hydrogen-bond acceptors (Lipinski definition) is 5. The van der Waals surface area contributed by atoms with Crippen molar-refractivity contribution >= 4 is 57.2 Å². The molecule has 1 aliphatic heterocycles. The Morgan fingerprint density at radius 2 is 2.26 bits per heavy atom. The number of piperidine rings is 1. The number of aromatic amines is 1. The number of carbonyl (C=O) groups is 1. The van der Waals surface area contributed by atoms with Gasteiger partial charge in [-0.3, -0.25) is 9.89 Å². The highest BCUT2D eigenvalue weighted by molar-refractivity contribution is 14.2. The van der Waals surface area contributed by atoms with Gasteiger partial charge in [-0.1, -0.05) is 30.6 Å². The van der Waals surface area contributed by atoms with Gasteiger partial charge in [-0.25, -0.2) is 0 Å². The standard InChI is InChI=1S/C17H21N3OS.C2H5IS2/c21-17(13-8-16(22-11-13)14-9-18-19-10-14)20-7-3-5-12-4-1-2-6-15(12)20;1-2-4-5-3/h8-12,15H,1-7H2,(H,18,19);2H2,1H3/i;2D. The number of H-pyrrole nitrogens is 1. The zero-order valence-corrected chi connectivity index (χ0v) is 20.0. The van der Waals surface area contributed by atoms with E-state index < -0.39 is 0 Å². The maximum atomic E-state index is 12.9. The van der Waals surface area contributed by atoms with Crippen LogP contribution in [0.1, 0.15) is 57.2 Å². The molecule has 4 nitrogen and oxygen atoms in total. The fourth-order valence-electron chi connectivity index (χ4n) is 4.06. The third-order valence-corrected chi connectivity index (χ3v) is 9.17. The Morgan fingerprint density at radius 1 is 1.44 bits per heavy atom. The van der Waals surface area contributed by atoms with Gasteiger partial charge in [0.1, 0.15) is 0 Å². The summed E-state index contributed by atoms with van der Waals surface area (Å²) in [7, 11) is 3.16. The molecule has 1 saturated heterocycles. The van der Waals surface area contributed by atoms with Crippen LogP contribution in [0, 0.1) is 5.92 Å². The third kappa shape index (κ3) is 5.67. The lowest BCUT2D eigenvalue weighted by Gasteiger charge is -2.44. The molecule has 27 heavy (non-hydrogen) atoms. The predicted molar refractivity (Wildman–Crippen MR) is 128 cm³/mol. The van der Waals surface area contributed by atoms with E-state index in [0.29, 0.717) is 6.04 Å². The highest BCUT2D eigenvalue weighted by atomic mass is 127. The summed E-state index contributed by atoms with van der Waals surface area (Å²) < 4.78 is 6.91. The number of aromatic nitrogens is 2. The molecule has 1 N–H and O–H groups in total. The van der Waals surface area contributed by atoms with Gasteiger partial charge in [-0.2, -0.15) is 5.10 Å². The number of nitrogens with one attached hydrogen (secondary N) is 1. The Labute approximate surface area is 187 Å². The molecule has 2 fully saturated rings. The molecule has 2 aromatic rings. The minimum absolute atomic E-state index is 0.0203. The van der Waals surface area contributed by atoms with Gasteiger partial charge in [0.2, 0.25) is 0 Å². The Kier molecular flexibility index (Phi) is 8.27. The number of thiophene rings is 1. The van der Waals surface area contributed by atoms with Gasteiger partial charge in [0, 0.05) is 62.9 Å². The van der Waals surface area contributed by atoms with Crippen LogP contribution in [0.25, 0.3) is 10.4 Å². The topological polar surface area (TPSA) is 49.0 Å². The number of carbonyl (C=O) groups excluding carboxylic acids is 1. The summed E-state index contributed by atoms with van der Waals surface area (Å²) in [6.07, 6.45) is 11.2. The van der Waals surface area contributed by atoms with Crippen LogP contribution in [-0.2, 0) is 0 Å². The number of hydrogen-bond donors (Lipinski definition) is 1. The van der Waals surface area contributed by atoms with E-state index in [9.17, 15) is 4.79 Å². The second-order valence-corrected chi connectivity index (χ2v) is 12.7. The van der Waals surface area contributed by atoms with Gasteiger partial charge < -0.3 is 4.90 Å². The Balaban J connectivity index is 0.000000330. The average molecular weight is 537 g/mol. The van der Waals surface area contributed by atoms with Crippen LogP contribution in [0.2, 0.25) is 0 Å². The Hall–Kier alpha value is -0.190. The lowest BCUT2D eigenvalue weighted by Crippen LogP contribution is -2.49. The zero-order valence-electron chi connectivity index (χ0n) is 16.4.